The molecule has 0 radical (unpaired) electrons. The summed E-state index contributed by atoms with van der Waals surface area (Å²) in [6.45, 7) is 2.42. The number of benzene rings is 4. The molecule has 4 aromatic carbocycles. The maximum atomic E-state index is 13.8. The van der Waals surface area contributed by atoms with E-state index in [-0.39, 0.29) is 25.0 Å². The SMILES string of the molecule is CCCNC(=O)[C@@H](Cc1ccccc1)N(Cc1ccc(Cl)c(Cl)c1)C(=O)COc1ccc2ccccc2c1Br. The molecule has 0 fully saturated rings. The molecule has 0 aliphatic carbocycles. The summed E-state index contributed by atoms with van der Waals surface area (Å²) < 4.78 is 6.78. The summed E-state index contributed by atoms with van der Waals surface area (Å²) in [4.78, 5) is 28.8. The van der Waals surface area contributed by atoms with E-state index < -0.39 is 6.04 Å². The van der Waals surface area contributed by atoms with Gasteiger partial charge in [0.05, 0.1) is 14.5 Å². The molecule has 0 saturated carbocycles. The van der Waals surface area contributed by atoms with Crippen LogP contribution in [0.25, 0.3) is 10.8 Å². The molecule has 0 aliphatic rings. The summed E-state index contributed by atoms with van der Waals surface area (Å²) >= 11 is 16.0. The number of carbonyl (C=O) groups excluding carboxylic acids is 2. The standard InChI is InChI=1S/C31H29BrCl2N2O3/c1-2-16-35-31(38)27(18-21-8-4-3-5-9-21)36(19-22-12-14-25(33)26(34)17-22)29(37)20-39-28-15-13-23-10-6-7-11-24(23)30(28)32/h3-15,17,27H,2,16,18-20H2,1H3,(H,35,38)/t27-/m1/s1. The van der Waals surface area contributed by atoms with Gasteiger partial charge < -0.3 is 15.0 Å². The molecule has 0 bridgehead atoms. The van der Waals surface area contributed by atoms with Crippen LogP contribution in [0.2, 0.25) is 10.0 Å². The highest BCUT2D eigenvalue weighted by molar-refractivity contribution is 9.10. The van der Waals surface area contributed by atoms with Crippen molar-refractivity contribution in [2.45, 2.75) is 32.4 Å². The molecule has 0 aliphatic heterocycles. The van der Waals surface area contributed by atoms with Crippen LogP contribution in [0.15, 0.2) is 89.4 Å². The number of rotatable bonds is 11. The Kier molecular flexibility index (Phi) is 10.3. The van der Waals surface area contributed by atoms with Gasteiger partial charge in [0.15, 0.2) is 6.61 Å². The lowest BCUT2D eigenvalue weighted by Crippen LogP contribution is -2.51. The number of ether oxygens (including phenoxy) is 1. The monoisotopic (exact) mass is 626 g/mol. The smallest absolute Gasteiger partial charge is 0.261 e. The molecule has 0 saturated heterocycles. The van der Waals surface area contributed by atoms with Crippen LogP contribution in [0.4, 0.5) is 0 Å². The second-order valence-corrected chi connectivity index (χ2v) is 10.8. The summed E-state index contributed by atoms with van der Waals surface area (Å²) in [7, 11) is 0. The van der Waals surface area contributed by atoms with Gasteiger partial charge in [0.2, 0.25) is 5.91 Å². The van der Waals surface area contributed by atoms with Gasteiger partial charge in [-0.3, -0.25) is 9.59 Å². The number of nitrogens with one attached hydrogen (secondary N) is 1. The zero-order chi connectivity index (χ0) is 27.8. The van der Waals surface area contributed by atoms with E-state index in [0.717, 1.165) is 32.8 Å². The summed E-state index contributed by atoms with van der Waals surface area (Å²) in [5.41, 5.74) is 1.70. The van der Waals surface area contributed by atoms with Gasteiger partial charge in [0, 0.05) is 19.5 Å². The highest BCUT2D eigenvalue weighted by atomic mass is 79.9. The van der Waals surface area contributed by atoms with Crippen LogP contribution in [0.5, 0.6) is 5.75 Å². The number of nitrogens with zero attached hydrogens (tertiary/aromatic N) is 1. The Bertz CT molecular complexity index is 1450. The third-order valence-corrected chi connectivity index (χ3v) is 7.89. The second-order valence-electron chi connectivity index (χ2n) is 9.15. The van der Waals surface area contributed by atoms with Crippen LogP contribution in [0.1, 0.15) is 24.5 Å². The Balaban J connectivity index is 1.64. The van der Waals surface area contributed by atoms with Gasteiger partial charge in [-0.25, -0.2) is 0 Å². The third-order valence-electron chi connectivity index (χ3n) is 6.34. The lowest BCUT2D eigenvalue weighted by atomic mass is 10.0. The Morgan fingerprint density at radius 1 is 0.923 bits per heavy atom. The van der Waals surface area contributed by atoms with Crippen LogP contribution < -0.4 is 10.1 Å². The number of halogens is 3. The average Bonchev–Trinajstić information content (AvgIpc) is 2.95. The van der Waals surface area contributed by atoms with Gasteiger partial charge in [-0.05, 0) is 62.4 Å². The zero-order valence-corrected chi connectivity index (χ0v) is 24.6. The van der Waals surface area contributed by atoms with Gasteiger partial charge in [0.1, 0.15) is 11.8 Å². The number of hydrogen-bond acceptors (Lipinski definition) is 3. The molecule has 4 aromatic rings. The Labute approximate surface area is 247 Å². The molecule has 0 unspecified atom stereocenters. The van der Waals surface area contributed by atoms with Crippen molar-refractivity contribution in [1.29, 1.82) is 0 Å². The molecule has 8 heteroatoms. The van der Waals surface area contributed by atoms with Crippen molar-refractivity contribution >= 4 is 61.7 Å². The summed E-state index contributed by atoms with van der Waals surface area (Å²) in [6.07, 6.45) is 1.13. The first-order valence-electron chi connectivity index (χ1n) is 12.7. The van der Waals surface area contributed by atoms with E-state index >= 15 is 0 Å². The maximum absolute atomic E-state index is 13.8. The molecule has 39 heavy (non-hydrogen) atoms. The predicted molar refractivity (Wildman–Crippen MR) is 161 cm³/mol. The van der Waals surface area contributed by atoms with Crippen LogP contribution in [0, 0.1) is 0 Å². The van der Waals surface area contributed by atoms with E-state index in [1.807, 2.05) is 73.7 Å². The minimum Gasteiger partial charge on any atom is -0.483 e. The van der Waals surface area contributed by atoms with E-state index in [2.05, 4.69) is 21.2 Å². The largest absolute Gasteiger partial charge is 0.483 e. The van der Waals surface area contributed by atoms with Crippen molar-refractivity contribution in [3.63, 3.8) is 0 Å². The normalized spacial score (nSPS) is 11.7. The molecular formula is C31H29BrCl2N2O3. The second kappa shape index (κ2) is 13.8. The molecule has 0 heterocycles. The summed E-state index contributed by atoms with van der Waals surface area (Å²) in [5, 5.41) is 5.81. The van der Waals surface area contributed by atoms with E-state index in [1.165, 1.54) is 0 Å². The van der Waals surface area contributed by atoms with Crippen molar-refractivity contribution in [3.05, 3.63) is 111 Å². The first-order valence-corrected chi connectivity index (χ1v) is 14.3. The molecule has 0 aromatic heterocycles. The molecule has 4 rings (SSSR count). The fourth-order valence-corrected chi connectivity index (χ4v) is 5.23. The molecule has 1 atom stereocenters. The molecule has 202 valence electrons. The zero-order valence-electron chi connectivity index (χ0n) is 21.5. The average molecular weight is 628 g/mol. The third kappa shape index (κ3) is 7.53. The van der Waals surface area contributed by atoms with Crippen LogP contribution in [-0.2, 0) is 22.6 Å². The Hall–Kier alpha value is -3.06. The van der Waals surface area contributed by atoms with Crippen molar-refractivity contribution in [1.82, 2.24) is 10.2 Å². The lowest BCUT2D eigenvalue weighted by molar-refractivity contribution is -0.142. The van der Waals surface area contributed by atoms with E-state index in [4.69, 9.17) is 27.9 Å². The topological polar surface area (TPSA) is 58.6 Å². The molecule has 0 spiro atoms. The van der Waals surface area contributed by atoms with Crippen molar-refractivity contribution in [2.75, 3.05) is 13.2 Å². The number of hydrogen-bond donors (Lipinski definition) is 1. The van der Waals surface area contributed by atoms with Crippen LogP contribution in [-0.4, -0.2) is 35.9 Å². The minimum atomic E-state index is -0.760. The Morgan fingerprint density at radius 3 is 2.41 bits per heavy atom. The maximum Gasteiger partial charge on any atom is 0.261 e. The van der Waals surface area contributed by atoms with Crippen molar-refractivity contribution in [3.8, 4) is 5.75 Å². The summed E-state index contributed by atoms with van der Waals surface area (Å²) in [5.74, 6) is 0.00120. The van der Waals surface area contributed by atoms with E-state index in [9.17, 15) is 9.59 Å². The molecule has 5 nitrogen and oxygen atoms in total. The number of fused-ring (bicyclic) bond motifs is 1. The molecule has 2 amide bonds. The van der Waals surface area contributed by atoms with Crippen LogP contribution in [0.3, 0.4) is 0 Å². The number of amides is 2. The van der Waals surface area contributed by atoms with Gasteiger partial charge in [-0.2, -0.15) is 0 Å². The predicted octanol–water partition coefficient (Wildman–Crippen LogP) is 7.45. The van der Waals surface area contributed by atoms with Gasteiger partial charge in [0.25, 0.3) is 5.91 Å². The van der Waals surface area contributed by atoms with Crippen LogP contribution >= 0.6 is 39.1 Å². The van der Waals surface area contributed by atoms with Gasteiger partial charge in [-0.15, -0.1) is 0 Å². The fraction of sp³-hybridized carbons (Fsp3) is 0.226. The van der Waals surface area contributed by atoms with E-state index in [1.54, 1.807) is 23.1 Å². The number of carbonyl (C=O) groups is 2. The highest BCUT2D eigenvalue weighted by Gasteiger charge is 2.31. The molecular weight excluding hydrogens is 599 g/mol. The van der Waals surface area contributed by atoms with Gasteiger partial charge in [-0.1, -0.05) is 96.9 Å². The van der Waals surface area contributed by atoms with Crippen molar-refractivity contribution in [2.24, 2.45) is 0 Å². The molecule has 1 N–H and O–H groups in total. The van der Waals surface area contributed by atoms with E-state index in [0.29, 0.717) is 28.8 Å². The quantitative estimate of drug-likeness (QED) is 0.188. The fourth-order valence-electron chi connectivity index (χ4n) is 4.30. The lowest BCUT2D eigenvalue weighted by Gasteiger charge is -2.31. The van der Waals surface area contributed by atoms with Crippen molar-refractivity contribution < 1.29 is 14.3 Å². The Morgan fingerprint density at radius 2 is 1.67 bits per heavy atom. The van der Waals surface area contributed by atoms with Gasteiger partial charge >= 0.3 is 0 Å². The first-order chi connectivity index (χ1) is 18.9. The minimum absolute atomic E-state index is 0.162. The summed E-state index contributed by atoms with van der Waals surface area (Å²) in [6, 6.07) is 25.8. The highest BCUT2D eigenvalue weighted by Crippen LogP contribution is 2.33. The first kappa shape index (κ1) is 28.9.